The molecule has 1 aromatic carbocycles. The van der Waals surface area contributed by atoms with Gasteiger partial charge in [0.1, 0.15) is 5.25 Å². The number of carbonyl (C=O) groups is 1. The molecule has 21 heavy (non-hydrogen) atoms. The Labute approximate surface area is 123 Å². The van der Waals surface area contributed by atoms with Crippen LogP contribution in [0.3, 0.4) is 0 Å². The average molecular weight is 307 g/mol. The number of sulfone groups is 1. The number of amides is 1. The molecule has 0 radical (unpaired) electrons. The normalized spacial score (nSPS) is 12.9. The first kappa shape index (κ1) is 15.2. The second-order valence-corrected chi connectivity index (χ2v) is 7.17. The summed E-state index contributed by atoms with van der Waals surface area (Å²) in [6.07, 6.45) is 4.58. The van der Waals surface area contributed by atoms with Gasteiger partial charge in [0.25, 0.3) is 0 Å². The molecule has 2 rings (SSSR count). The zero-order valence-corrected chi connectivity index (χ0v) is 12.7. The van der Waals surface area contributed by atoms with Gasteiger partial charge in [-0.05, 0) is 30.7 Å². The highest BCUT2D eigenvalue weighted by atomic mass is 32.2. The van der Waals surface area contributed by atoms with E-state index in [4.69, 9.17) is 0 Å². The molecule has 0 saturated heterocycles. The molecule has 0 aliphatic carbocycles. The Morgan fingerprint density at radius 3 is 2.52 bits per heavy atom. The quantitative estimate of drug-likeness (QED) is 0.890. The van der Waals surface area contributed by atoms with Crippen LogP contribution in [-0.4, -0.2) is 35.6 Å². The minimum atomic E-state index is -3.37. The lowest BCUT2D eigenvalue weighted by atomic mass is 10.2. The summed E-state index contributed by atoms with van der Waals surface area (Å²) >= 11 is 0. The fourth-order valence-electron chi connectivity index (χ4n) is 1.72. The van der Waals surface area contributed by atoms with Crippen LogP contribution in [0, 0.1) is 0 Å². The van der Waals surface area contributed by atoms with Gasteiger partial charge >= 0.3 is 0 Å². The molecule has 1 heterocycles. The topological polar surface area (TPSA) is 81.1 Å². The number of aromatic nitrogens is 2. The minimum Gasteiger partial charge on any atom is -0.351 e. The van der Waals surface area contributed by atoms with Gasteiger partial charge in [-0.2, -0.15) is 5.10 Å². The fourth-order valence-corrected chi connectivity index (χ4v) is 2.19. The second kappa shape index (κ2) is 6.09. The molecular weight excluding hydrogens is 290 g/mol. The lowest BCUT2D eigenvalue weighted by Gasteiger charge is -2.10. The predicted octanol–water partition coefficient (Wildman–Crippen LogP) is 0.922. The van der Waals surface area contributed by atoms with E-state index in [0.717, 1.165) is 17.5 Å². The van der Waals surface area contributed by atoms with Gasteiger partial charge in [0, 0.05) is 25.2 Å². The molecule has 1 amide bonds. The molecular formula is C14H17N3O3S. The number of carbonyl (C=O) groups excluding carboxylic acids is 1. The third-order valence-electron chi connectivity index (χ3n) is 3.18. The van der Waals surface area contributed by atoms with Crippen LogP contribution in [0.5, 0.6) is 0 Å². The average Bonchev–Trinajstić information content (AvgIpc) is 2.97. The SMILES string of the molecule is C[C@@H](C(=O)NCc1ccc(-n2cccn2)cc1)S(C)(=O)=O. The van der Waals surface area contributed by atoms with Gasteiger partial charge in [0.05, 0.1) is 5.69 Å². The second-order valence-electron chi connectivity index (χ2n) is 4.81. The summed E-state index contributed by atoms with van der Waals surface area (Å²) in [7, 11) is -3.37. The zero-order chi connectivity index (χ0) is 15.5. The van der Waals surface area contributed by atoms with E-state index in [9.17, 15) is 13.2 Å². The number of benzene rings is 1. The fraction of sp³-hybridized carbons (Fsp3) is 0.286. The van der Waals surface area contributed by atoms with E-state index < -0.39 is 21.0 Å². The zero-order valence-electron chi connectivity index (χ0n) is 11.9. The van der Waals surface area contributed by atoms with Crippen molar-refractivity contribution in [2.45, 2.75) is 18.7 Å². The van der Waals surface area contributed by atoms with Gasteiger partial charge in [-0.25, -0.2) is 13.1 Å². The molecule has 0 unspecified atom stereocenters. The molecule has 0 bridgehead atoms. The highest BCUT2D eigenvalue weighted by Crippen LogP contribution is 2.08. The summed E-state index contributed by atoms with van der Waals surface area (Å²) in [4.78, 5) is 11.7. The Bertz CT molecular complexity index is 706. The highest BCUT2D eigenvalue weighted by Gasteiger charge is 2.22. The lowest BCUT2D eigenvalue weighted by Crippen LogP contribution is -2.36. The summed E-state index contributed by atoms with van der Waals surface area (Å²) in [5, 5.41) is 5.70. The van der Waals surface area contributed by atoms with Crippen molar-refractivity contribution in [1.29, 1.82) is 0 Å². The maximum absolute atomic E-state index is 11.7. The molecule has 1 atom stereocenters. The first-order valence-electron chi connectivity index (χ1n) is 6.43. The molecule has 1 aromatic heterocycles. The number of hydrogen-bond acceptors (Lipinski definition) is 4. The van der Waals surface area contributed by atoms with E-state index >= 15 is 0 Å². The Morgan fingerprint density at radius 1 is 1.33 bits per heavy atom. The van der Waals surface area contributed by atoms with Crippen LogP contribution in [-0.2, 0) is 21.2 Å². The van der Waals surface area contributed by atoms with Gasteiger partial charge in [-0.15, -0.1) is 0 Å². The van der Waals surface area contributed by atoms with Crippen molar-refractivity contribution >= 4 is 15.7 Å². The molecule has 0 fully saturated rings. The predicted molar refractivity (Wildman–Crippen MR) is 79.7 cm³/mol. The van der Waals surface area contributed by atoms with Gasteiger partial charge in [-0.1, -0.05) is 12.1 Å². The maximum Gasteiger partial charge on any atom is 0.238 e. The van der Waals surface area contributed by atoms with E-state index in [1.54, 1.807) is 10.9 Å². The molecule has 0 aliphatic heterocycles. The molecule has 0 spiro atoms. The summed E-state index contributed by atoms with van der Waals surface area (Å²) in [6, 6.07) is 9.33. The Morgan fingerprint density at radius 2 is 2.00 bits per heavy atom. The third kappa shape index (κ3) is 3.91. The Hall–Kier alpha value is -2.15. The van der Waals surface area contributed by atoms with E-state index in [2.05, 4.69) is 10.4 Å². The largest absolute Gasteiger partial charge is 0.351 e. The van der Waals surface area contributed by atoms with Crippen molar-refractivity contribution < 1.29 is 13.2 Å². The number of nitrogens with one attached hydrogen (secondary N) is 1. The van der Waals surface area contributed by atoms with E-state index in [-0.39, 0.29) is 6.54 Å². The van der Waals surface area contributed by atoms with E-state index in [1.165, 1.54) is 6.92 Å². The highest BCUT2D eigenvalue weighted by molar-refractivity contribution is 7.92. The van der Waals surface area contributed by atoms with Crippen LogP contribution in [0.2, 0.25) is 0 Å². The molecule has 7 heteroatoms. The van der Waals surface area contributed by atoms with Crippen LogP contribution in [0.15, 0.2) is 42.7 Å². The molecule has 2 aromatic rings. The van der Waals surface area contributed by atoms with E-state index in [0.29, 0.717) is 0 Å². The summed E-state index contributed by atoms with van der Waals surface area (Å²) < 4.78 is 24.3. The summed E-state index contributed by atoms with van der Waals surface area (Å²) in [5.41, 5.74) is 1.81. The van der Waals surface area contributed by atoms with Gasteiger partial charge in [0.15, 0.2) is 9.84 Å². The third-order valence-corrected chi connectivity index (χ3v) is 4.68. The molecule has 6 nitrogen and oxygen atoms in total. The Kier molecular flexibility index (Phi) is 4.42. The molecule has 112 valence electrons. The lowest BCUT2D eigenvalue weighted by molar-refractivity contribution is -0.120. The van der Waals surface area contributed by atoms with E-state index in [1.807, 2.05) is 36.5 Å². The van der Waals surface area contributed by atoms with Crippen molar-refractivity contribution in [3.8, 4) is 5.69 Å². The number of hydrogen-bond donors (Lipinski definition) is 1. The summed E-state index contributed by atoms with van der Waals surface area (Å²) in [5.74, 6) is -0.492. The van der Waals surface area contributed by atoms with Crippen LogP contribution in [0.4, 0.5) is 0 Å². The van der Waals surface area contributed by atoms with Crippen LogP contribution in [0.25, 0.3) is 5.69 Å². The van der Waals surface area contributed by atoms with Crippen molar-refractivity contribution in [2.75, 3.05) is 6.26 Å². The standard InChI is InChI=1S/C14H17N3O3S/c1-11(21(2,19)20)14(18)15-10-12-4-6-13(7-5-12)17-9-3-8-16-17/h3-9,11H,10H2,1-2H3,(H,15,18)/t11-/m0/s1. The number of rotatable bonds is 5. The minimum absolute atomic E-state index is 0.290. The van der Waals surface area contributed by atoms with Crippen molar-refractivity contribution in [1.82, 2.24) is 15.1 Å². The van der Waals surface area contributed by atoms with Gasteiger partial charge in [0.2, 0.25) is 5.91 Å². The number of nitrogens with zero attached hydrogens (tertiary/aromatic N) is 2. The van der Waals surface area contributed by atoms with Crippen molar-refractivity contribution in [2.24, 2.45) is 0 Å². The smallest absolute Gasteiger partial charge is 0.238 e. The summed E-state index contributed by atoms with van der Waals surface area (Å²) in [6.45, 7) is 1.67. The molecule has 0 aliphatic rings. The first-order chi connectivity index (χ1) is 9.88. The van der Waals surface area contributed by atoms with Crippen LogP contribution >= 0.6 is 0 Å². The monoisotopic (exact) mass is 307 g/mol. The van der Waals surface area contributed by atoms with Gasteiger partial charge < -0.3 is 5.32 Å². The first-order valence-corrected chi connectivity index (χ1v) is 8.39. The van der Waals surface area contributed by atoms with Gasteiger partial charge in [-0.3, -0.25) is 4.79 Å². The van der Waals surface area contributed by atoms with Crippen LogP contribution < -0.4 is 5.32 Å². The molecule has 0 saturated carbocycles. The maximum atomic E-state index is 11.7. The van der Waals surface area contributed by atoms with Crippen molar-refractivity contribution in [3.63, 3.8) is 0 Å². The molecule has 1 N–H and O–H groups in total. The van der Waals surface area contributed by atoms with Crippen LogP contribution in [0.1, 0.15) is 12.5 Å². The Balaban J connectivity index is 1.97. The van der Waals surface area contributed by atoms with Crippen molar-refractivity contribution in [3.05, 3.63) is 48.3 Å².